The molecule has 0 aliphatic carbocycles. The molecule has 4 nitrogen and oxygen atoms in total. The molecule has 0 fully saturated rings. The van der Waals surface area contributed by atoms with Gasteiger partial charge in [-0.2, -0.15) is 0 Å². The highest BCUT2D eigenvalue weighted by Crippen LogP contribution is 2.18. The highest BCUT2D eigenvalue weighted by Gasteiger charge is 2.24. The van der Waals surface area contributed by atoms with Gasteiger partial charge in [0.05, 0.1) is 4.99 Å². The lowest BCUT2D eigenvalue weighted by Gasteiger charge is -2.24. The molecule has 0 saturated heterocycles. The summed E-state index contributed by atoms with van der Waals surface area (Å²) in [5.41, 5.74) is 5.18. The summed E-state index contributed by atoms with van der Waals surface area (Å²) in [4.78, 5) is 12.3. The van der Waals surface area contributed by atoms with Crippen LogP contribution in [0.1, 0.15) is 20.8 Å². The molecule has 1 aromatic carbocycles. The third-order valence-electron chi connectivity index (χ3n) is 2.85. The molecule has 1 unspecified atom stereocenters. The number of amides is 1. The van der Waals surface area contributed by atoms with Gasteiger partial charge in [0.1, 0.15) is 5.75 Å². The maximum absolute atomic E-state index is 11.9. The summed E-state index contributed by atoms with van der Waals surface area (Å²) in [5, 5.41) is 3.33. The predicted octanol–water partition coefficient (Wildman–Crippen LogP) is 2.54. The van der Waals surface area contributed by atoms with Crippen molar-refractivity contribution in [1.29, 1.82) is 0 Å². The average Bonchev–Trinajstić information content (AvgIpc) is 2.35. The number of hydrogen-bond donors (Lipinski definition) is 2. The Bertz CT molecular complexity index is 506. The Morgan fingerprint density at radius 3 is 2.75 bits per heavy atom. The van der Waals surface area contributed by atoms with Gasteiger partial charge in [0.25, 0.3) is 5.91 Å². The fourth-order valence-corrected chi connectivity index (χ4v) is 1.59. The third kappa shape index (κ3) is 4.98. The van der Waals surface area contributed by atoms with Crippen LogP contribution < -0.4 is 15.8 Å². The molecule has 0 heterocycles. The van der Waals surface area contributed by atoms with E-state index in [1.807, 2.05) is 13.8 Å². The number of rotatable bonds is 6. The lowest BCUT2D eigenvalue weighted by atomic mass is 9.93. The van der Waals surface area contributed by atoms with Crippen molar-refractivity contribution in [3.05, 3.63) is 29.3 Å². The van der Waals surface area contributed by atoms with Crippen molar-refractivity contribution in [3.63, 3.8) is 0 Å². The zero-order valence-electron chi connectivity index (χ0n) is 11.8. The zero-order valence-corrected chi connectivity index (χ0v) is 13.3. The van der Waals surface area contributed by atoms with Crippen LogP contribution in [-0.2, 0) is 4.79 Å². The van der Waals surface area contributed by atoms with E-state index in [1.54, 1.807) is 31.2 Å². The minimum absolute atomic E-state index is 0.227. The minimum Gasteiger partial charge on any atom is -0.481 e. The van der Waals surface area contributed by atoms with Crippen molar-refractivity contribution in [2.24, 2.45) is 11.1 Å². The third-order valence-corrected chi connectivity index (χ3v) is 3.64. The quantitative estimate of drug-likeness (QED) is 0.792. The smallest absolute Gasteiger partial charge is 0.260 e. The van der Waals surface area contributed by atoms with E-state index in [9.17, 15) is 4.79 Å². The summed E-state index contributed by atoms with van der Waals surface area (Å²) in [7, 11) is 0. The topological polar surface area (TPSA) is 64.3 Å². The molecular weight excluding hydrogens is 296 g/mol. The van der Waals surface area contributed by atoms with Crippen molar-refractivity contribution in [3.8, 4) is 5.75 Å². The molecule has 20 heavy (non-hydrogen) atoms. The molecule has 0 spiro atoms. The van der Waals surface area contributed by atoms with Crippen LogP contribution in [-0.4, -0.2) is 23.5 Å². The van der Waals surface area contributed by atoms with E-state index in [1.165, 1.54) is 0 Å². The first-order valence-corrected chi connectivity index (χ1v) is 7.01. The molecule has 0 aromatic heterocycles. The normalized spacial score (nSPS) is 12.6. The van der Waals surface area contributed by atoms with Gasteiger partial charge in [0.15, 0.2) is 6.10 Å². The molecule has 0 saturated carbocycles. The van der Waals surface area contributed by atoms with Crippen molar-refractivity contribution in [2.75, 3.05) is 6.54 Å². The molecule has 1 rings (SSSR count). The van der Waals surface area contributed by atoms with Crippen LogP contribution in [0.5, 0.6) is 5.75 Å². The first-order valence-electron chi connectivity index (χ1n) is 6.22. The Balaban J connectivity index is 2.54. The van der Waals surface area contributed by atoms with Gasteiger partial charge in [-0.3, -0.25) is 4.79 Å². The molecule has 3 N–H and O–H groups in total. The van der Waals surface area contributed by atoms with Gasteiger partial charge in [-0.25, -0.2) is 0 Å². The van der Waals surface area contributed by atoms with Crippen molar-refractivity contribution >= 4 is 34.7 Å². The van der Waals surface area contributed by atoms with Crippen LogP contribution in [0.4, 0.5) is 0 Å². The highest BCUT2D eigenvalue weighted by atomic mass is 35.5. The molecular formula is C14H19ClN2O2S. The monoisotopic (exact) mass is 314 g/mol. The molecule has 0 radical (unpaired) electrons. The van der Waals surface area contributed by atoms with Crippen molar-refractivity contribution in [2.45, 2.75) is 26.9 Å². The Kier molecular flexibility index (Phi) is 5.77. The van der Waals surface area contributed by atoms with Gasteiger partial charge in [0, 0.05) is 17.0 Å². The second-order valence-electron chi connectivity index (χ2n) is 5.18. The Morgan fingerprint density at radius 1 is 1.55 bits per heavy atom. The van der Waals surface area contributed by atoms with Crippen LogP contribution >= 0.6 is 23.8 Å². The Morgan fingerprint density at radius 2 is 2.20 bits per heavy atom. The molecule has 1 aromatic rings. The average molecular weight is 315 g/mol. The highest BCUT2D eigenvalue weighted by molar-refractivity contribution is 7.80. The SMILES string of the molecule is CC(Oc1cccc(Cl)c1)C(=O)NCC(C)(C)C(N)=S. The minimum atomic E-state index is -0.629. The van der Waals surface area contributed by atoms with Crippen molar-refractivity contribution < 1.29 is 9.53 Å². The zero-order chi connectivity index (χ0) is 15.3. The second kappa shape index (κ2) is 6.90. The summed E-state index contributed by atoms with van der Waals surface area (Å²) >= 11 is 10.8. The van der Waals surface area contributed by atoms with Crippen molar-refractivity contribution in [1.82, 2.24) is 5.32 Å². The van der Waals surface area contributed by atoms with E-state index < -0.39 is 11.5 Å². The second-order valence-corrected chi connectivity index (χ2v) is 6.06. The molecule has 1 amide bonds. The molecule has 0 aliphatic rings. The van der Waals surface area contributed by atoms with Gasteiger partial charge in [-0.15, -0.1) is 0 Å². The maximum Gasteiger partial charge on any atom is 0.260 e. The number of carbonyl (C=O) groups excluding carboxylic acids is 1. The number of thiocarbonyl (C=S) groups is 1. The van der Waals surface area contributed by atoms with E-state index in [0.717, 1.165) is 0 Å². The largest absolute Gasteiger partial charge is 0.481 e. The molecule has 6 heteroatoms. The fourth-order valence-electron chi connectivity index (χ4n) is 1.34. The van der Waals surface area contributed by atoms with Gasteiger partial charge >= 0.3 is 0 Å². The van der Waals surface area contributed by atoms with E-state index in [2.05, 4.69) is 5.32 Å². The summed E-state index contributed by atoms with van der Waals surface area (Å²) in [6, 6.07) is 6.90. The lowest BCUT2D eigenvalue weighted by molar-refractivity contribution is -0.127. The van der Waals surface area contributed by atoms with Crippen LogP contribution in [0.2, 0.25) is 5.02 Å². The standard InChI is InChI=1S/C14H19ClN2O2S/c1-9(19-11-6-4-5-10(15)7-11)12(18)17-8-14(2,3)13(16)20/h4-7,9H,8H2,1-3H3,(H2,16,20)(H,17,18). The summed E-state index contributed by atoms with van der Waals surface area (Å²) in [6.07, 6.45) is -0.629. The van der Waals surface area contributed by atoms with E-state index in [4.69, 9.17) is 34.3 Å². The van der Waals surface area contributed by atoms with Crippen LogP contribution in [0, 0.1) is 5.41 Å². The van der Waals surface area contributed by atoms with Gasteiger partial charge < -0.3 is 15.8 Å². The summed E-state index contributed by atoms with van der Waals surface area (Å²) in [5.74, 6) is 0.322. The van der Waals surface area contributed by atoms with E-state index >= 15 is 0 Å². The maximum atomic E-state index is 11.9. The Labute approximate surface area is 129 Å². The number of nitrogens with one attached hydrogen (secondary N) is 1. The lowest BCUT2D eigenvalue weighted by Crippen LogP contribution is -2.45. The van der Waals surface area contributed by atoms with Crippen LogP contribution in [0.15, 0.2) is 24.3 Å². The summed E-state index contributed by atoms with van der Waals surface area (Å²) < 4.78 is 5.52. The number of halogens is 1. The van der Waals surface area contributed by atoms with Gasteiger partial charge in [-0.1, -0.05) is 43.7 Å². The van der Waals surface area contributed by atoms with E-state index in [0.29, 0.717) is 22.3 Å². The van der Waals surface area contributed by atoms with Crippen LogP contribution in [0.3, 0.4) is 0 Å². The van der Waals surface area contributed by atoms with Gasteiger partial charge in [-0.05, 0) is 25.1 Å². The fraction of sp³-hybridized carbons (Fsp3) is 0.429. The summed E-state index contributed by atoms with van der Waals surface area (Å²) in [6.45, 7) is 5.78. The van der Waals surface area contributed by atoms with Crippen LogP contribution in [0.25, 0.3) is 0 Å². The molecule has 110 valence electrons. The number of ether oxygens (including phenoxy) is 1. The first-order chi connectivity index (χ1) is 9.22. The Hall–Kier alpha value is -1.33. The van der Waals surface area contributed by atoms with E-state index in [-0.39, 0.29) is 5.91 Å². The molecule has 0 aliphatic heterocycles. The number of hydrogen-bond acceptors (Lipinski definition) is 3. The molecule has 1 atom stereocenters. The number of benzene rings is 1. The van der Waals surface area contributed by atoms with Gasteiger partial charge in [0.2, 0.25) is 0 Å². The first kappa shape index (κ1) is 16.7. The number of carbonyl (C=O) groups is 1. The number of nitrogens with two attached hydrogens (primary N) is 1. The molecule has 0 bridgehead atoms. The predicted molar refractivity (Wildman–Crippen MR) is 85.1 cm³/mol.